The number of rotatable bonds is 7. The van der Waals surface area contributed by atoms with Crippen molar-refractivity contribution < 1.29 is 34.5 Å². The Morgan fingerprint density at radius 1 is 0.955 bits per heavy atom. The average Bonchev–Trinajstić information content (AvgIpc) is 2.58. The summed E-state index contributed by atoms with van der Waals surface area (Å²) in [7, 11) is 0. The lowest BCUT2D eigenvalue weighted by Gasteiger charge is -2.12. The summed E-state index contributed by atoms with van der Waals surface area (Å²) in [5.41, 5.74) is 0. The number of carbonyl (C=O) groups excluding carboxylic acids is 1. The van der Waals surface area contributed by atoms with E-state index in [1.165, 1.54) is 0 Å². The molecule has 1 aliphatic heterocycles. The van der Waals surface area contributed by atoms with Gasteiger partial charge in [0.15, 0.2) is 0 Å². The molecule has 0 saturated carbocycles. The molecule has 1 rings (SSSR count). The first-order valence-corrected chi connectivity index (χ1v) is 7.26. The molecule has 126 valence electrons. The number of carboxylic acid groups (broad SMARTS) is 3. The Bertz CT molecular complexity index is 379. The zero-order valence-electron chi connectivity index (χ0n) is 12.4. The highest BCUT2D eigenvalue weighted by molar-refractivity contribution is 5.77. The van der Waals surface area contributed by atoms with Gasteiger partial charge in [-0.15, -0.1) is 0 Å². The Morgan fingerprint density at radius 2 is 1.50 bits per heavy atom. The third-order valence-corrected chi connectivity index (χ3v) is 3.02. The second-order valence-corrected chi connectivity index (χ2v) is 5.10. The molecule has 0 aromatic carbocycles. The van der Waals surface area contributed by atoms with Gasteiger partial charge in [-0.1, -0.05) is 6.42 Å². The van der Waals surface area contributed by atoms with Gasteiger partial charge in [-0.2, -0.15) is 0 Å². The second-order valence-electron chi connectivity index (χ2n) is 5.10. The van der Waals surface area contributed by atoms with Gasteiger partial charge < -0.3 is 20.6 Å². The monoisotopic (exact) mass is 317 g/mol. The molecule has 0 aromatic heterocycles. The van der Waals surface area contributed by atoms with E-state index in [1.54, 1.807) is 0 Å². The topological polar surface area (TPSA) is 141 Å². The quantitative estimate of drug-likeness (QED) is 0.517. The lowest BCUT2D eigenvalue weighted by Crippen LogP contribution is -2.34. The zero-order valence-corrected chi connectivity index (χ0v) is 12.4. The highest BCUT2D eigenvalue weighted by atomic mass is 16.4. The number of hydrogen-bond donors (Lipinski definition) is 4. The number of amides is 1. The molecule has 1 unspecified atom stereocenters. The van der Waals surface area contributed by atoms with Gasteiger partial charge >= 0.3 is 17.9 Å². The van der Waals surface area contributed by atoms with Gasteiger partial charge in [-0.05, 0) is 25.7 Å². The summed E-state index contributed by atoms with van der Waals surface area (Å²) in [5.74, 6) is -2.60. The molecule has 1 aliphatic rings. The summed E-state index contributed by atoms with van der Waals surface area (Å²) in [6, 6.07) is -0.155. The van der Waals surface area contributed by atoms with Crippen LogP contribution < -0.4 is 5.32 Å². The lowest BCUT2D eigenvalue weighted by molar-refractivity contribution is -0.139. The SMILES string of the molecule is O=C(O)CC1CCCCC(=O)N1.O=C(O)CCCCC(=O)O. The van der Waals surface area contributed by atoms with Crippen LogP contribution in [0.3, 0.4) is 0 Å². The van der Waals surface area contributed by atoms with E-state index in [2.05, 4.69) is 5.32 Å². The van der Waals surface area contributed by atoms with Gasteiger partial charge in [-0.25, -0.2) is 0 Å². The van der Waals surface area contributed by atoms with Gasteiger partial charge in [-0.3, -0.25) is 19.2 Å². The Hall–Kier alpha value is -2.12. The van der Waals surface area contributed by atoms with E-state index in [0.717, 1.165) is 19.3 Å². The molecule has 1 saturated heterocycles. The average molecular weight is 317 g/mol. The maximum atomic E-state index is 11.0. The highest BCUT2D eigenvalue weighted by Gasteiger charge is 2.18. The molecule has 1 amide bonds. The Labute approximate surface area is 128 Å². The van der Waals surface area contributed by atoms with E-state index in [-0.39, 0.29) is 31.2 Å². The molecule has 0 aliphatic carbocycles. The first-order chi connectivity index (χ1) is 10.3. The fourth-order valence-corrected chi connectivity index (χ4v) is 1.96. The minimum absolute atomic E-state index is 0.0150. The summed E-state index contributed by atoms with van der Waals surface area (Å²) in [4.78, 5) is 41.1. The molecule has 22 heavy (non-hydrogen) atoms. The third-order valence-electron chi connectivity index (χ3n) is 3.02. The van der Waals surface area contributed by atoms with Crippen LogP contribution in [-0.4, -0.2) is 45.2 Å². The maximum Gasteiger partial charge on any atom is 0.305 e. The van der Waals surface area contributed by atoms with Crippen molar-refractivity contribution in [1.29, 1.82) is 0 Å². The number of unbranched alkanes of at least 4 members (excludes halogenated alkanes) is 1. The molecule has 0 bridgehead atoms. The minimum Gasteiger partial charge on any atom is -0.481 e. The van der Waals surface area contributed by atoms with Crippen LogP contribution in [0.5, 0.6) is 0 Å². The molecule has 1 fully saturated rings. The van der Waals surface area contributed by atoms with Crippen molar-refractivity contribution in [2.45, 2.75) is 63.8 Å². The van der Waals surface area contributed by atoms with Crippen molar-refractivity contribution >= 4 is 23.8 Å². The zero-order chi connectivity index (χ0) is 17.0. The first-order valence-electron chi connectivity index (χ1n) is 7.26. The van der Waals surface area contributed by atoms with Crippen molar-refractivity contribution in [1.82, 2.24) is 5.32 Å². The number of hydrogen-bond acceptors (Lipinski definition) is 4. The minimum atomic E-state index is -0.870. The van der Waals surface area contributed by atoms with Crippen molar-refractivity contribution in [3.8, 4) is 0 Å². The van der Waals surface area contributed by atoms with E-state index >= 15 is 0 Å². The Morgan fingerprint density at radius 3 is 1.95 bits per heavy atom. The lowest BCUT2D eigenvalue weighted by atomic mass is 10.1. The first kappa shape index (κ1) is 19.9. The van der Waals surface area contributed by atoms with Gasteiger partial charge in [0.2, 0.25) is 5.91 Å². The van der Waals surface area contributed by atoms with Crippen LogP contribution in [0, 0.1) is 0 Å². The van der Waals surface area contributed by atoms with Gasteiger partial charge in [0, 0.05) is 25.3 Å². The van der Waals surface area contributed by atoms with Crippen LogP contribution in [-0.2, 0) is 19.2 Å². The molecular formula is C14H23NO7. The summed E-state index contributed by atoms with van der Waals surface area (Å²) in [6.45, 7) is 0. The summed E-state index contributed by atoms with van der Waals surface area (Å²) < 4.78 is 0. The Kier molecular flexibility index (Phi) is 10.4. The molecule has 8 nitrogen and oxygen atoms in total. The highest BCUT2D eigenvalue weighted by Crippen LogP contribution is 2.11. The van der Waals surface area contributed by atoms with Gasteiger partial charge in [0.25, 0.3) is 0 Å². The fraction of sp³-hybridized carbons (Fsp3) is 0.714. The molecule has 0 aromatic rings. The molecule has 0 radical (unpaired) electrons. The molecule has 4 N–H and O–H groups in total. The van der Waals surface area contributed by atoms with Gasteiger partial charge in [0.05, 0.1) is 6.42 Å². The van der Waals surface area contributed by atoms with E-state index in [0.29, 0.717) is 19.3 Å². The number of carboxylic acids is 3. The third kappa shape index (κ3) is 12.9. The van der Waals surface area contributed by atoms with Crippen LogP contribution in [0.4, 0.5) is 0 Å². The summed E-state index contributed by atoms with van der Waals surface area (Å²) in [5, 5.41) is 27.4. The standard InChI is InChI=1S/C8H13NO3.C6H10O4/c10-7-4-2-1-3-6(9-7)5-8(11)12;7-5(8)3-1-2-4-6(9)10/h6H,1-5H2,(H,9,10)(H,11,12);1-4H2,(H,7,8)(H,9,10). The van der Waals surface area contributed by atoms with Crippen LogP contribution in [0.2, 0.25) is 0 Å². The van der Waals surface area contributed by atoms with E-state index in [4.69, 9.17) is 15.3 Å². The number of carbonyl (C=O) groups is 4. The smallest absolute Gasteiger partial charge is 0.305 e. The molecular weight excluding hydrogens is 294 g/mol. The van der Waals surface area contributed by atoms with E-state index in [1.807, 2.05) is 0 Å². The van der Waals surface area contributed by atoms with Crippen molar-refractivity contribution in [3.63, 3.8) is 0 Å². The number of aliphatic carboxylic acids is 3. The fourth-order valence-electron chi connectivity index (χ4n) is 1.96. The second kappa shape index (κ2) is 11.5. The van der Waals surface area contributed by atoms with Crippen molar-refractivity contribution in [3.05, 3.63) is 0 Å². The van der Waals surface area contributed by atoms with Crippen molar-refractivity contribution in [2.24, 2.45) is 0 Å². The van der Waals surface area contributed by atoms with Gasteiger partial charge in [0.1, 0.15) is 0 Å². The van der Waals surface area contributed by atoms with E-state index in [9.17, 15) is 19.2 Å². The van der Waals surface area contributed by atoms with E-state index < -0.39 is 17.9 Å². The molecule has 1 atom stereocenters. The summed E-state index contributed by atoms with van der Waals surface area (Å²) >= 11 is 0. The number of nitrogens with one attached hydrogen (secondary N) is 1. The van der Waals surface area contributed by atoms with Crippen LogP contribution in [0.1, 0.15) is 57.8 Å². The normalized spacial score (nSPS) is 17.5. The van der Waals surface area contributed by atoms with Crippen LogP contribution in [0.25, 0.3) is 0 Å². The molecule has 8 heteroatoms. The Balaban J connectivity index is 0.000000409. The van der Waals surface area contributed by atoms with Crippen molar-refractivity contribution in [2.75, 3.05) is 0 Å². The summed E-state index contributed by atoms with van der Waals surface area (Å²) in [6.07, 6.45) is 4.21. The largest absolute Gasteiger partial charge is 0.481 e. The predicted molar refractivity (Wildman–Crippen MR) is 76.4 cm³/mol. The maximum absolute atomic E-state index is 11.0. The molecule has 1 heterocycles. The predicted octanol–water partition coefficient (Wildman–Crippen LogP) is 1.24. The molecule has 0 spiro atoms. The van der Waals surface area contributed by atoms with Crippen LogP contribution >= 0.6 is 0 Å². The van der Waals surface area contributed by atoms with Crippen LogP contribution in [0.15, 0.2) is 0 Å².